The van der Waals surface area contributed by atoms with Gasteiger partial charge in [-0.3, -0.25) is 4.79 Å². The van der Waals surface area contributed by atoms with Crippen LogP contribution in [0.25, 0.3) is 22.2 Å². The molecule has 5 nitrogen and oxygen atoms in total. The van der Waals surface area contributed by atoms with Crippen molar-refractivity contribution in [2.75, 3.05) is 24.3 Å². The summed E-state index contributed by atoms with van der Waals surface area (Å²) in [6, 6.07) is 9.73. The number of nitrogens with zero attached hydrogens (tertiary/aromatic N) is 2. The van der Waals surface area contributed by atoms with E-state index in [-0.39, 0.29) is 11.8 Å². The summed E-state index contributed by atoms with van der Waals surface area (Å²) in [6.45, 7) is 4.12. The van der Waals surface area contributed by atoms with Crippen LogP contribution in [0.2, 0.25) is 0 Å². The average molecular weight is 321 g/mol. The van der Waals surface area contributed by atoms with E-state index in [4.69, 9.17) is 4.52 Å². The first-order chi connectivity index (χ1) is 11.5. The van der Waals surface area contributed by atoms with Crippen LogP contribution in [0.3, 0.4) is 0 Å². The lowest BCUT2D eigenvalue weighted by Gasteiger charge is -2.22. The highest BCUT2D eigenvalue weighted by Crippen LogP contribution is 2.45. The van der Waals surface area contributed by atoms with Crippen molar-refractivity contribution in [1.82, 2.24) is 5.16 Å². The van der Waals surface area contributed by atoms with E-state index < -0.39 is 0 Å². The van der Waals surface area contributed by atoms with Crippen molar-refractivity contribution >= 4 is 28.1 Å². The smallest absolute Gasteiger partial charge is 0.196 e. The molecule has 0 saturated heterocycles. The molecule has 2 aromatic carbocycles. The Hall–Kier alpha value is -2.82. The molecule has 3 aromatic rings. The van der Waals surface area contributed by atoms with Crippen molar-refractivity contribution in [2.45, 2.75) is 19.9 Å². The quantitative estimate of drug-likeness (QED) is 0.619. The van der Waals surface area contributed by atoms with Crippen LogP contribution in [0.15, 0.2) is 34.9 Å². The van der Waals surface area contributed by atoms with Gasteiger partial charge in [0.2, 0.25) is 0 Å². The second-order valence-corrected chi connectivity index (χ2v) is 6.62. The van der Waals surface area contributed by atoms with E-state index in [0.29, 0.717) is 16.9 Å². The third kappa shape index (κ3) is 1.94. The molecule has 1 heterocycles. The van der Waals surface area contributed by atoms with Crippen LogP contribution in [0, 0.1) is 0 Å². The molecule has 1 N–H and O–H groups in total. The zero-order chi connectivity index (χ0) is 17.0. The summed E-state index contributed by atoms with van der Waals surface area (Å²) in [5.74, 6) is 0.686. The van der Waals surface area contributed by atoms with Gasteiger partial charge in [0.25, 0.3) is 0 Å². The molecule has 0 spiro atoms. The van der Waals surface area contributed by atoms with Crippen molar-refractivity contribution in [3.05, 3.63) is 41.5 Å². The van der Waals surface area contributed by atoms with Crippen LogP contribution in [0.5, 0.6) is 0 Å². The molecular formula is C19H19N3O2. The van der Waals surface area contributed by atoms with Gasteiger partial charge in [0.15, 0.2) is 11.5 Å². The van der Waals surface area contributed by atoms with Crippen molar-refractivity contribution < 1.29 is 9.32 Å². The second kappa shape index (κ2) is 5.09. The summed E-state index contributed by atoms with van der Waals surface area (Å²) in [6.07, 6.45) is 0. The molecule has 0 amide bonds. The van der Waals surface area contributed by atoms with Crippen LogP contribution in [-0.4, -0.2) is 31.1 Å². The van der Waals surface area contributed by atoms with Gasteiger partial charge in [-0.05, 0) is 19.9 Å². The van der Waals surface area contributed by atoms with E-state index in [2.05, 4.69) is 24.3 Å². The fourth-order valence-corrected chi connectivity index (χ4v) is 3.31. The van der Waals surface area contributed by atoms with Crippen LogP contribution >= 0.6 is 0 Å². The van der Waals surface area contributed by atoms with E-state index in [1.807, 2.05) is 49.3 Å². The molecule has 0 aliphatic heterocycles. The molecule has 4 rings (SSSR count). The lowest BCUT2D eigenvalue weighted by atomic mass is 9.86. The Morgan fingerprint density at radius 3 is 2.54 bits per heavy atom. The Kier molecular flexibility index (Phi) is 3.13. The molecule has 24 heavy (non-hydrogen) atoms. The minimum atomic E-state index is 0.0137. The first-order valence-electron chi connectivity index (χ1n) is 8.03. The highest BCUT2D eigenvalue weighted by Gasteiger charge is 2.33. The van der Waals surface area contributed by atoms with Gasteiger partial charge in [-0.2, -0.15) is 0 Å². The SMILES string of the molecule is CC(C)Nc1cc(N(C)C)c2noc3c2c1C(=O)c1ccccc1-3. The Balaban J connectivity index is 2.14. The first-order valence-corrected chi connectivity index (χ1v) is 8.03. The Morgan fingerprint density at radius 1 is 1.17 bits per heavy atom. The van der Waals surface area contributed by atoms with Gasteiger partial charge in [0.05, 0.1) is 16.6 Å². The van der Waals surface area contributed by atoms with Crippen molar-refractivity contribution in [1.29, 1.82) is 0 Å². The molecule has 0 saturated carbocycles. The van der Waals surface area contributed by atoms with E-state index in [1.165, 1.54) is 0 Å². The predicted octanol–water partition coefficient (Wildman–Crippen LogP) is 3.93. The Morgan fingerprint density at radius 2 is 1.88 bits per heavy atom. The highest BCUT2D eigenvalue weighted by molar-refractivity contribution is 6.28. The molecule has 0 atom stereocenters. The fourth-order valence-electron chi connectivity index (χ4n) is 3.31. The van der Waals surface area contributed by atoms with Gasteiger partial charge in [-0.1, -0.05) is 29.4 Å². The standard InChI is InChI=1S/C19H19N3O2/c1-10(2)20-13-9-14(22(3)4)17-16-15(13)18(23)11-7-5-6-8-12(11)19(16)24-21-17/h5-10,20H,1-4H3. The fraction of sp³-hybridized carbons (Fsp3) is 0.263. The number of aromatic nitrogens is 1. The topological polar surface area (TPSA) is 58.4 Å². The van der Waals surface area contributed by atoms with E-state index in [1.54, 1.807) is 0 Å². The van der Waals surface area contributed by atoms with Gasteiger partial charge in [-0.25, -0.2) is 0 Å². The number of anilines is 2. The molecule has 1 aromatic heterocycles. The number of carbonyl (C=O) groups is 1. The van der Waals surface area contributed by atoms with Crippen molar-refractivity contribution in [2.24, 2.45) is 0 Å². The number of hydrogen-bond donors (Lipinski definition) is 1. The van der Waals surface area contributed by atoms with Crippen LogP contribution in [0.4, 0.5) is 11.4 Å². The minimum absolute atomic E-state index is 0.0137. The molecule has 0 fully saturated rings. The number of ketones is 1. The molecule has 1 aliphatic rings. The molecule has 5 heteroatoms. The van der Waals surface area contributed by atoms with Crippen molar-refractivity contribution in [3.8, 4) is 11.3 Å². The lowest BCUT2D eigenvalue weighted by molar-refractivity contribution is 0.104. The van der Waals surface area contributed by atoms with Gasteiger partial charge in [-0.15, -0.1) is 0 Å². The number of nitrogens with one attached hydrogen (secondary N) is 1. The zero-order valence-electron chi connectivity index (χ0n) is 14.2. The van der Waals surface area contributed by atoms with Crippen molar-refractivity contribution in [3.63, 3.8) is 0 Å². The number of rotatable bonds is 3. The maximum Gasteiger partial charge on any atom is 0.196 e. The Labute approximate surface area is 140 Å². The van der Waals surface area contributed by atoms with Gasteiger partial charge < -0.3 is 14.7 Å². The van der Waals surface area contributed by atoms with Crippen LogP contribution in [0.1, 0.15) is 29.8 Å². The Bertz CT molecular complexity index is 970. The average Bonchev–Trinajstić information content (AvgIpc) is 2.97. The number of fused-ring (bicyclic) bond motifs is 2. The summed E-state index contributed by atoms with van der Waals surface area (Å²) < 4.78 is 5.67. The monoisotopic (exact) mass is 321 g/mol. The summed E-state index contributed by atoms with van der Waals surface area (Å²) >= 11 is 0. The van der Waals surface area contributed by atoms with E-state index in [9.17, 15) is 4.79 Å². The third-order valence-corrected chi connectivity index (χ3v) is 4.30. The maximum absolute atomic E-state index is 13.2. The maximum atomic E-state index is 13.2. The summed E-state index contributed by atoms with van der Waals surface area (Å²) in [4.78, 5) is 15.1. The number of carbonyl (C=O) groups excluding carboxylic acids is 1. The summed E-state index contributed by atoms with van der Waals surface area (Å²) in [7, 11) is 3.92. The summed E-state index contributed by atoms with van der Waals surface area (Å²) in [5.41, 5.74) is 4.60. The summed E-state index contributed by atoms with van der Waals surface area (Å²) in [5, 5.41) is 8.47. The van der Waals surface area contributed by atoms with E-state index in [0.717, 1.165) is 27.8 Å². The third-order valence-electron chi connectivity index (χ3n) is 4.30. The van der Waals surface area contributed by atoms with Crippen LogP contribution in [-0.2, 0) is 0 Å². The lowest BCUT2D eigenvalue weighted by Crippen LogP contribution is -2.18. The molecule has 0 bridgehead atoms. The van der Waals surface area contributed by atoms with Gasteiger partial charge >= 0.3 is 0 Å². The predicted molar refractivity (Wildman–Crippen MR) is 96.0 cm³/mol. The molecule has 0 radical (unpaired) electrons. The van der Waals surface area contributed by atoms with Crippen LogP contribution < -0.4 is 10.2 Å². The molecule has 122 valence electrons. The second-order valence-electron chi connectivity index (χ2n) is 6.62. The number of hydrogen-bond acceptors (Lipinski definition) is 5. The minimum Gasteiger partial charge on any atom is -0.382 e. The molecular weight excluding hydrogens is 302 g/mol. The number of benzene rings is 2. The zero-order valence-corrected chi connectivity index (χ0v) is 14.2. The first kappa shape index (κ1) is 14.8. The van der Waals surface area contributed by atoms with Gasteiger partial charge in [0.1, 0.15) is 5.52 Å². The van der Waals surface area contributed by atoms with E-state index >= 15 is 0 Å². The largest absolute Gasteiger partial charge is 0.382 e. The van der Waals surface area contributed by atoms with Gasteiger partial charge in [0, 0.05) is 37.0 Å². The highest BCUT2D eigenvalue weighted by atomic mass is 16.5. The normalized spacial score (nSPS) is 12.6. The molecule has 0 unspecified atom stereocenters. The molecule has 1 aliphatic carbocycles.